The number of aliphatic hydroxyl groups is 1. The van der Waals surface area contributed by atoms with Gasteiger partial charge in [-0.25, -0.2) is 8.42 Å². The third kappa shape index (κ3) is 8.58. The van der Waals surface area contributed by atoms with Gasteiger partial charge in [0, 0.05) is 18.7 Å². The summed E-state index contributed by atoms with van der Waals surface area (Å²) in [5.41, 5.74) is 2.95. The molecule has 0 aliphatic carbocycles. The van der Waals surface area contributed by atoms with Crippen molar-refractivity contribution in [3.63, 3.8) is 0 Å². The molecule has 0 fully saturated rings. The van der Waals surface area contributed by atoms with E-state index in [-0.39, 0.29) is 24.6 Å². The molecule has 0 saturated heterocycles. The smallest absolute Gasteiger partial charge is 0.224 e. The Bertz CT molecular complexity index is 1560. The van der Waals surface area contributed by atoms with Gasteiger partial charge in [-0.05, 0) is 60.1 Å². The van der Waals surface area contributed by atoms with E-state index in [0.29, 0.717) is 23.4 Å². The summed E-state index contributed by atoms with van der Waals surface area (Å²) in [7, 11) is -3.89. The zero-order valence-electron chi connectivity index (χ0n) is 26.7. The molecule has 0 radical (unpaired) electrons. The summed E-state index contributed by atoms with van der Waals surface area (Å²) in [6.45, 7) is 12.2. The summed E-state index contributed by atoms with van der Waals surface area (Å²) in [6.07, 6.45) is 3.37. The summed E-state index contributed by atoms with van der Waals surface area (Å²) >= 11 is 0. The maximum absolute atomic E-state index is 14.1. The molecule has 2 unspecified atom stereocenters. The van der Waals surface area contributed by atoms with Gasteiger partial charge in [-0.1, -0.05) is 101 Å². The van der Waals surface area contributed by atoms with Crippen molar-refractivity contribution in [2.45, 2.75) is 78.7 Å². The van der Waals surface area contributed by atoms with E-state index in [1.54, 1.807) is 32.1 Å². The molecular formula is C36H46N2O5S. The molecule has 44 heavy (non-hydrogen) atoms. The van der Waals surface area contributed by atoms with Crippen LogP contribution in [0.25, 0.3) is 6.08 Å². The highest BCUT2D eigenvalue weighted by molar-refractivity contribution is 7.89. The molecule has 2 atom stereocenters. The van der Waals surface area contributed by atoms with Crippen LogP contribution in [-0.4, -0.2) is 47.7 Å². The van der Waals surface area contributed by atoms with Crippen molar-refractivity contribution >= 4 is 22.0 Å². The lowest BCUT2D eigenvalue weighted by atomic mass is 9.84. The molecule has 1 amide bonds. The molecule has 236 valence electrons. The number of hydrogen-bond acceptors (Lipinski definition) is 5. The number of benzene rings is 3. The van der Waals surface area contributed by atoms with Crippen molar-refractivity contribution in [1.82, 2.24) is 9.62 Å². The highest BCUT2D eigenvalue weighted by atomic mass is 32.2. The number of nitrogens with one attached hydrogen (secondary N) is 1. The quantitative estimate of drug-likeness (QED) is 0.272. The van der Waals surface area contributed by atoms with E-state index in [1.807, 2.05) is 87.5 Å². The summed E-state index contributed by atoms with van der Waals surface area (Å²) in [6, 6.07) is 22.2. The van der Waals surface area contributed by atoms with Crippen molar-refractivity contribution < 1.29 is 23.1 Å². The van der Waals surface area contributed by atoms with Gasteiger partial charge < -0.3 is 15.2 Å². The standard InChI is InChI=1S/C36H46N2O5S/c1-7-26-15-17-27(18-16-26)14-11-21-44(41,42)38(25-35(2,3)4)33-30-22-29(19-20-31(30)43-36(5,6)34(33)40)23-32(39)37-24-28-12-9-8-10-13-28/h8-20,22,33-34,40H,7,21,23-25H2,1-6H3,(H,37,39). The molecule has 8 heteroatoms. The molecule has 3 aromatic carbocycles. The average Bonchev–Trinajstić information content (AvgIpc) is 2.96. The molecule has 0 bridgehead atoms. The van der Waals surface area contributed by atoms with Crippen molar-refractivity contribution in [3.05, 3.63) is 107 Å². The first-order valence-electron chi connectivity index (χ1n) is 15.2. The lowest BCUT2D eigenvalue weighted by Gasteiger charge is -2.47. The number of aliphatic hydroxyl groups excluding tert-OH is 1. The first-order valence-corrected chi connectivity index (χ1v) is 16.8. The number of sulfonamides is 1. The van der Waals surface area contributed by atoms with Crippen molar-refractivity contribution in [2.24, 2.45) is 5.41 Å². The normalized spacial score (nSPS) is 18.2. The monoisotopic (exact) mass is 618 g/mol. The average molecular weight is 619 g/mol. The van der Waals surface area contributed by atoms with Gasteiger partial charge in [0.25, 0.3) is 0 Å². The number of ether oxygens (including phenoxy) is 1. The summed E-state index contributed by atoms with van der Waals surface area (Å²) in [5, 5.41) is 14.6. The van der Waals surface area contributed by atoms with Crippen LogP contribution in [0.5, 0.6) is 5.75 Å². The Balaban J connectivity index is 1.64. The van der Waals surface area contributed by atoms with Crippen molar-refractivity contribution in [3.8, 4) is 5.75 Å². The van der Waals surface area contributed by atoms with Gasteiger partial charge in [0.15, 0.2) is 0 Å². The minimum atomic E-state index is -3.89. The minimum Gasteiger partial charge on any atom is -0.485 e. The Morgan fingerprint density at radius 2 is 1.66 bits per heavy atom. The van der Waals surface area contributed by atoms with Crippen LogP contribution >= 0.6 is 0 Å². The van der Waals surface area contributed by atoms with Crippen LogP contribution in [0.3, 0.4) is 0 Å². The van der Waals surface area contributed by atoms with Crippen LogP contribution in [0, 0.1) is 5.41 Å². The summed E-state index contributed by atoms with van der Waals surface area (Å²) < 4.78 is 35.8. The number of carbonyl (C=O) groups excluding carboxylic acids is 1. The molecule has 0 spiro atoms. The van der Waals surface area contributed by atoms with Crippen molar-refractivity contribution in [1.29, 1.82) is 0 Å². The van der Waals surface area contributed by atoms with Crippen LogP contribution < -0.4 is 10.1 Å². The van der Waals surface area contributed by atoms with E-state index in [2.05, 4.69) is 12.2 Å². The SMILES string of the molecule is CCc1ccc(C=CCS(=O)(=O)N(CC(C)(C)C)C2c3cc(CC(=O)NCc4ccccc4)ccc3OC(C)(C)C2O)cc1. The topological polar surface area (TPSA) is 95.9 Å². The number of amides is 1. The number of aryl methyl sites for hydroxylation is 1. The highest BCUT2D eigenvalue weighted by Crippen LogP contribution is 2.45. The number of nitrogens with zero attached hydrogens (tertiary/aromatic N) is 1. The Labute approximate surface area is 263 Å². The minimum absolute atomic E-state index is 0.109. The third-order valence-electron chi connectivity index (χ3n) is 7.78. The molecule has 1 heterocycles. The summed E-state index contributed by atoms with van der Waals surface area (Å²) in [4.78, 5) is 12.8. The van der Waals surface area contributed by atoms with Crippen LogP contribution in [-0.2, 0) is 34.2 Å². The predicted molar refractivity (Wildman–Crippen MR) is 177 cm³/mol. The van der Waals surface area contributed by atoms with E-state index < -0.39 is 33.2 Å². The zero-order valence-corrected chi connectivity index (χ0v) is 27.5. The molecule has 7 nitrogen and oxygen atoms in total. The fourth-order valence-electron chi connectivity index (χ4n) is 5.39. The van der Waals surface area contributed by atoms with Crippen LogP contribution in [0.15, 0.2) is 78.9 Å². The van der Waals surface area contributed by atoms with Crippen LogP contribution in [0.2, 0.25) is 0 Å². The van der Waals surface area contributed by atoms with E-state index in [4.69, 9.17) is 4.74 Å². The van der Waals surface area contributed by atoms with E-state index in [1.165, 1.54) is 9.87 Å². The van der Waals surface area contributed by atoms with Gasteiger partial charge in [-0.3, -0.25) is 4.79 Å². The van der Waals surface area contributed by atoms with Gasteiger partial charge in [-0.2, -0.15) is 4.31 Å². The van der Waals surface area contributed by atoms with Crippen LogP contribution in [0.4, 0.5) is 0 Å². The fourth-order valence-corrected chi connectivity index (χ4v) is 7.08. The molecule has 1 aliphatic rings. The first-order chi connectivity index (χ1) is 20.7. The molecule has 0 aromatic heterocycles. The highest BCUT2D eigenvalue weighted by Gasteiger charge is 2.49. The second kappa shape index (κ2) is 13.7. The largest absolute Gasteiger partial charge is 0.485 e. The third-order valence-corrected chi connectivity index (χ3v) is 9.46. The maximum atomic E-state index is 14.1. The van der Waals surface area contributed by atoms with E-state index in [9.17, 15) is 18.3 Å². The van der Waals surface area contributed by atoms with E-state index in [0.717, 1.165) is 17.5 Å². The second-order valence-electron chi connectivity index (χ2n) is 13.3. The molecule has 2 N–H and O–H groups in total. The number of rotatable bonds is 11. The van der Waals surface area contributed by atoms with Gasteiger partial charge in [0.1, 0.15) is 17.5 Å². The van der Waals surface area contributed by atoms with Gasteiger partial charge >= 0.3 is 0 Å². The second-order valence-corrected chi connectivity index (χ2v) is 15.3. The zero-order chi connectivity index (χ0) is 32.1. The van der Waals surface area contributed by atoms with Gasteiger partial charge in [-0.15, -0.1) is 0 Å². The number of hydrogen-bond donors (Lipinski definition) is 2. The Morgan fingerprint density at radius 1 is 1.00 bits per heavy atom. The predicted octanol–water partition coefficient (Wildman–Crippen LogP) is 6.07. The molecule has 0 saturated carbocycles. The molecule has 3 aromatic rings. The van der Waals surface area contributed by atoms with E-state index >= 15 is 0 Å². The maximum Gasteiger partial charge on any atom is 0.224 e. The summed E-state index contributed by atoms with van der Waals surface area (Å²) in [5.74, 6) is 0.124. The molecule has 4 rings (SSSR count). The van der Waals surface area contributed by atoms with Gasteiger partial charge in [0.2, 0.25) is 15.9 Å². The van der Waals surface area contributed by atoms with Gasteiger partial charge in [0.05, 0.1) is 18.2 Å². The fraction of sp³-hybridized carbons (Fsp3) is 0.417. The van der Waals surface area contributed by atoms with Crippen molar-refractivity contribution in [2.75, 3.05) is 12.3 Å². The molecule has 1 aliphatic heterocycles. The Hall–Kier alpha value is -3.46. The lowest BCUT2D eigenvalue weighted by molar-refractivity contribution is -0.120. The Kier molecular flexibility index (Phi) is 10.4. The number of carbonyl (C=O) groups is 1. The molecular weight excluding hydrogens is 572 g/mol. The number of fused-ring (bicyclic) bond motifs is 1. The Morgan fingerprint density at radius 3 is 2.30 bits per heavy atom. The lowest BCUT2D eigenvalue weighted by Crippen LogP contribution is -2.56. The van der Waals surface area contributed by atoms with Crippen LogP contribution in [0.1, 0.15) is 75.4 Å². The first kappa shape index (κ1) is 33.4.